The van der Waals surface area contributed by atoms with Crippen LogP contribution in [0.2, 0.25) is 0 Å². The zero-order valence-corrected chi connectivity index (χ0v) is 21.1. The number of alkyl halides is 3. The summed E-state index contributed by atoms with van der Waals surface area (Å²) in [5, 5.41) is 9.06. The van der Waals surface area contributed by atoms with Gasteiger partial charge in [-0.1, -0.05) is 58.2 Å². The summed E-state index contributed by atoms with van der Waals surface area (Å²) < 4.78 is 37.0. The smallest absolute Gasteiger partial charge is 0.384 e. The van der Waals surface area contributed by atoms with Gasteiger partial charge in [-0.3, -0.25) is 0 Å². The average molecular weight is 455 g/mol. The molecule has 1 nitrogen and oxygen atoms in total. The molecule has 1 atom stereocenters. The maximum atomic E-state index is 12.3. The standard InChI is InChI=1S/C28H45F3O/c1-22(2)12-9-15-25(5)18-10-16-23(3)13-7-8-14-24(4)17-11-19-26(6)20-21-27(32)28(29,30)31/h12-14,18-19,27,32H,7-11,15-17,20-21H2,1-6H3/b23-13+,24-14+,25-18+,26-19+. The second-order valence-corrected chi connectivity index (χ2v) is 9.27. The summed E-state index contributed by atoms with van der Waals surface area (Å²) in [4.78, 5) is 0. The molecule has 0 bridgehead atoms. The van der Waals surface area contributed by atoms with E-state index in [1.54, 1.807) is 0 Å². The van der Waals surface area contributed by atoms with E-state index in [1.165, 1.54) is 22.3 Å². The van der Waals surface area contributed by atoms with Crippen molar-refractivity contribution < 1.29 is 18.3 Å². The third kappa shape index (κ3) is 18.1. The highest BCUT2D eigenvalue weighted by atomic mass is 19.4. The van der Waals surface area contributed by atoms with Crippen molar-refractivity contribution in [3.05, 3.63) is 58.2 Å². The van der Waals surface area contributed by atoms with Crippen LogP contribution in [0.4, 0.5) is 13.2 Å². The maximum absolute atomic E-state index is 12.3. The number of hydrogen-bond donors (Lipinski definition) is 1. The molecule has 0 aliphatic rings. The number of hydrogen-bond acceptors (Lipinski definition) is 1. The number of aliphatic hydroxyl groups is 1. The first-order valence-corrected chi connectivity index (χ1v) is 11.9. The van der Waals surface area contributed by atoms with E-state index in [2.05, 4.69) is 58.9 Å². The fourth-order valence-electron chi connectivity index (χ4n) is 3.28. The van der Waals surface area contributed by atoms with Crippen LogP contribution < -0.4 is 0 Å². The fourth-order valence-corrected chi connectivity index (χ4v) is 3.28. The predicted octanol–water partition coefficient (Wildman–Crippen LogP) is 9.56. The van der Waals surface area contributed by atoms with Crippen LogP contribution in [0.3, 0.4) is 0 Å². The summed E-state index contributed by atoms with van der Waals surface area (Å²) in [5.41, 5.74) is 6.50. The van der Waals surface area contributed by atoms with E-state index in [4.69, 9.17) is 5.11 Å². The van der Waals surface area contributed by atoms with Gasteiger partial charge in [-0.2, -0.15) is 13.2 Å². The molecule has 0 aromatic rings. The van der Waals surface area contributed by atoms with Gasteiger partial charge in [0.05, 0.1) is 0 Å². The van der Waals surface area contributed by atoms with Crippen LogP contribution in [-0.2, 0) is 0 Å². The Morgan fingerprint density at radius 3 is 1.31 bits per heavy atom. The van der Waals surface area contributed by atoms with Gasteiger partial charge in [-0.05, 0) is 106 Å². The summed E-state index contributed by atoms with van der Waals surface area (Å²) in [7, 11) is 0. The zero-order valence-electron chi connectivity index (χ0n) is 21.1. The van der Waals surface area contributed by atoms with E-state index in [9.17, 15) is 13.2 Å². The quantitative estimate of drug-likeness (QED) is 0.193. The highest BCUT2D eigenvalue weighted by molar-refractivity contribution is 5.07. The van der Waals surface area contributed by atoms with Crippen LogP contribution in [0.15, 0.2) is 58.2 Å². The second-order valence-electron chi connectivity index (χ2n) is 9.27. The van der Waals surface area contributed by atoms with E-state index in [0.717, 1.165) is 56.9 Å². The number of aliphatic hydroxyl groups excluding tert-OH is 1. The van der Waals surface area contributed by atoms with Crippen LogP contribution in [0.1, 0.15) is 106 Å². The van der Waals surface area contributed by atoms with Crippen LogP contribution >= 0.6 is 0 Å². The van der Waals surface area contributed by atoms with Gasteiger partial charge in [-0.15, -0.1) is 0 Å². The van der Waals surface area contributed by atoms with Gasteiger partial charge < -0.3 is 5.11 Å². The molecule has 0 aromatic heterocycles. The second kappa shape index (κ2) is 17.0. The van der Waals surface area contributed by atoms with E-state index in [0.29, 0.717) is 0 Å². The van der Waals surface area contributed by atoms with Gasteiger partial charge in [0.2, 0.25) is 0 Å². The molecular formula is C28H45F3O. The molecule has 0 rings (SSSR count). The van der Waals surface area contributed by atoms with Crippen molar-refractivity contribution in [3.8, 4) is 0 Å². The van der Waals surface area contributed by atoms with E-state index < -0.39 is 12.3 Å². The average Bonchev–Trinajstić information content (AvgIpc) is 2.68. The summed E-state index contributed by atoms with van der Waals surface area (Å²) in [6.07, 6.45) is 12.8. The molecule has 0 spiro atoms. The third-order valence-corrected chi connectivity index (χ3v) is 5.50. The molecular weight excluding hydrogens is 409 g/mol. The molecule has 4 heteroatoms. The van der Waals surface area contributed by atoms with Gasteiger partial charge in [0.25, 0.3) is 0 Å². The zero-order chi connectivity index (χ0) is 24.6. The summed E-state index contributed by atoms with van der Waals surface area (Å²) in [5.74, 6) is 0. The minimum Gasteiger partial charge on any atom is -0.384 e. The van der Waals surface area contributed by atoms with Crippen molar-refractivity contribution in [1.82, 2.24) is 0 Å². The van der Waals surface area contributed by atoms with Crippen molar-refractivity contribution in [2.45, 2.75) is 118 Å². The normalized spacial score (nSPS) is 15.2. The first-order valence-electron chi connectivity index (χ1n) is 11.9. The predicted molar refractivity (Wildman–Crippen MR) is 133 cm³/mol. The summed E-state index contributed by atoms with van der Waals surface area (Å²) in [6.45, 7) is 12.6. The lowest BCUT2D eigenvalue weighted by atomic mass is 10.0. The topological polar surface area (TPSA) is 20.2 Å². The summed E-state index contributed by atoms with van der Waals surface area (Å²) >= 11 is 0. The number of halogens is 3. The Morgan fingerprint density at radius 1 is 0.594 bits per heavy atom. The van der Waals surface area contributed by atoms with Crippen molar-refractivity contribution in [3.63, 3.8) is 0 Å². The third-order valence-electron chi connectivity index (χ3n) is 5.50. The monoisotopic (exact) mass is 454 g/mol. The Bertz CT molecular complexity index is 671. The molecule has 0 radical (unpaired) electrons. The molecule has 1 N–H and O–H groups in total. The van der Waals surface area contributed by atoms with Crippen LogP contribution in [0.25, 0.3) is 0 Å². The van der Waals surface area contributed by atoms with E-state index in [-0.39, 0.29) is 12.8 Å². The first-order chi connectivity index (χ1) is 14.9. The van der Waals surface area contributed by atoms with Gasteiger partial charge in [0.1, 0.15) is 6.10 Å². The van der Waals surface area contributed by atoms with E-state index in [1.807, 2.05) is 13.0 Å². The Morgan fingerprint density at radius 2 is 0.938 bits per heavy atom. The minimum absolute atomic E-state index is 0.266. The molecule has 0 heterocycles. The highest BCUT2D eigenvalue weighted by Crippen LogP contribution is 2.24. The van der Waals surface area contributed by atoms with Crippen molar-refractivity contribution >= 4 is 0 Å². The fraction of sp³-hybridized carbons (Fsp3) is 0.643. The SMILES string of the molecule is CC(C)=CCC/C(C)=C/CC/C(C)=C/CC/C=C(\C)CC/C=C(\C)CCC(O)C(F)(F)F. The minimum atomic E-state index is -4.52. The lowest BCUT2D eigenvalue weighted by Gasteiger charge is -2.14. The van der Waals surface area contributed by atoms with E-state index >= 15 is 0 Å². The number of unbranched alkanes of at least 4 members (excludes halogenated alkanes) is 1. The van der Waals surface area contributed by atoms with Crippen molar-refractivity contribution in [2.75, 3.05) is 0 Å². The molecule has 0 saturated carbocycles. The number of rotatable bonds is 15. The molecule has 0 aliphatic heterocycles. The molecule has 0 aliphatic carbocycles. The van der Waals surface area contributed by atoms with Gasteiger partial charge in [-0.25, -0.2) is 0 Å². The van der Waals surface area contributed by atoms with Gasteiger partial charge in [0, 0.05) is 0 Å². The molecule has 32 heavy (non-hydrogen) atoms. The Labute approximate surface area is 194 Å². The Kier molecular flexibility index (Phi) is 16.2. The lowest BCUT2D eigenvalue weighted by Crippen LogP contribution is -2.28. The molecule has 0 aromatic carbocycles. The molecule has 0 fully saturated rings. The molecule has 0 amide bonds. The lowest BCUT2D eigenvalue weighted by molar-refractivity contribution is -0.205. The van der Waals surface area contributed by atoms with Crippen LogP contribution in [0, 0.1) is 0 Å². The number of allylic oxidation sites excluding steroid dienone is 10. The van der Waals surface area contributed by atoms with Crippen LogP contribution in [-0.4, -0.2) is 17.4 Å². The highest BCUT2D eigenvalue weighted by Gasteiger charge is 2.37. The molecule has 0 saturated heterocycles. The molecule has 184 valence electrons. The van der Waals surface area contributed by atoms with Gasteiger partial charge in [0.15, 0.2) is 0 Å². The van der Waals surface area contributed by atoms with Crippen molar-refractivity contribution in [2.24, 2.45) is 0 Å². The van der Waals surface area contributed by atoms with Gasteiger partial charge >= 0.3 is 6.18 Å². The molecule has 1 unspecified atom stereocenters. The Balaban J connectivity index is 4.11. The maximum Gasteiger partial charge on any atom is 0.414 e. The first kappa shape index (κ1) is 30.4. The Hall–Kier alpha value is -1.55. The van der Waals surface area contributed by atoms with Crippen LogP contribution in [0.5, 0.6) is 0 Å². The van der Waals surface area contributed by atoms with Crippen molar-refractivity contribution in [1.29, 1.82) is 0 Å². The summed E-state index contributed by atoms with van der Waals surface area (Å²) in [6, 6.07) is 0. The largest absolute Gasteiger partial charge is 0.414 e.